The van der Waals surface area contributed by atoms with Gasteiger partial charge in [0.05, 0.1) is 6.61 Å². The van der Waals surface area contributed by atoms with Crippen LogP contribution in [-0.2, 0) is 4.79 Å². The Morgan fingerprint density at radius 2 is 1.91 bits per heavy atom. The molecular formula is C8H15NO2. The number of rotatable bonds is 4. The highest BCUT2D eigenvalue weighted by Crippen LogP contribution is 2.05. The molecule has 0 fully saturated rings. The smallest absolute Gasteiger partial charge is 0.162 e. The van der Waals surface area contributed by atoms with Gasteiger partial charge in [0.25, 0.3) is 0 Å². The molecule has 0 aromatic heterocycles. The van der Waals surface area contributed by atoms with Gasteiger partial charge in [-0.2, -0.15) is 0 Å². The van der Waals surface area contributed by atoms with Gasteiger partial charge in [0.1, 0.15) is 0 Å². The Labute approximate surface area is 66.9 Å². The van der Waals surface area contributed by atoms with Crippen LogP contribution in [0, 0.1) is 0 Å². The number of aliphatic hydroxyl groups is 1. The van der Waals surface area contributed by atoms with Gasteiger partial charge in [-0.05, 0) is 6.42 Å². The quantitative estimate of drug-likeness (QED) is 0.587. The number of ketones is 1. The van der Waals surface area contributed by atoms with E-state index in [-0.39, 0.29) is 12.4 Å². The van der Waals surface area contributed by atoms with Gasteiger partial charge in [-0.25, -0.2) is 0 Å². The number of hydrogen-bond acceptors (Lipinski definition) is 3. The number of carbonyl (C=O) groups is 1. The molecule has 0 aliphatic rings. The predicted molar refractivity (Wildman–Crippen MR) is 43.9 cm³/mol. The number of Topliss-reactive ketones (excluding diaryl/α,β-unsaturated/α-hetero) is 1. The fraction of sp³-hybridized carbons (Fsp3) is 0.625. The van der Waals surface area contributed by atoms with E-state index in [1.807, 2.05) is 6.92 Å². The van der Waals surface area contributed by atoms with Crippen LogP contribution in [0.2, 0.25) is 0 Å². The van der Waals surface area contributed by atoms with E-state index in [0.29, 0.717) is 24.1 Å². The van der Waals surface area contributed by atoms with Crippen molar-refractivity contribution in [2.75, 3.05) is 6.61 Å². The first-order valence-corrected chi connectivity index (χ1v) is 3.78. The average molecular weight is 157 g/mol. The van der Waals surface area contributed by atoms with E-state index >= 15 is 0 Å². The molecule has 0 aromatic rings. The number of aliphatic hydroxyl groups excluding tert-OH is 1. The van der Waals surface area contributed by atoms with Gasteiger partial charge >= 0.3 is 0 Å². The third kappa shape index (κ3) is 2.72. The van der Waals surface area contributed by atoms with Gasteiger partial charge in [-0.1, -0.05) is 13.8 Å². The monoisotopic (exact) mass is 157 g/mol. The third-order valence-corrected chi connectivity index (χ3v) is 1.58. The lowest BCUT2D eigenvalue weighted by Crippen LogP contribution is -2.12. The molecule has 11 heavy (non-hydrogen) atoms. The molecule has 0 spiro atoms. The maximum Gasteiger partial charge on any atom is 0.162 e. The summed E-state index contributed by atoms with van der Waals surface area (Å²) in [6.07, 6.45) is 1.01. The summed E-state index contributed by atoms with van der Waals surface area (Å²) in [5.74, 6) is -0.0631. The van der Waals surface area contributed by atoms with Crippen molar-refractivity contribution in [3.8, 4) is 0 Å². The predicted octanol–water partition coefficient (Wildman–Crippen LogP) is 0.581. The Morgan fingerprint density at radius 1 is 1.36 bits per heavy atom. The van der Waals surface area contributed by atoms with Gasteiger partial charge < -0.3 is 10.8 Å². The molecule has 0 aliphatic carbocycles. The second-order valence-corrected chi connectivity index (χ2v) is 2.29. The van der Waals surface area contributed by atoms with Crippen LogP contribution >= 0.6 is 0 Å². The minimum absolute atomic E-state index is 0.0631. The van der Waals surface area contributed by atoms with Crippen molar-refractivity contribution < 1.29 is 9.90 Å². The van der Waals surface area contributed by atoms with E-state index in [4.69, 9.17) is 10.8 Å². The second kappa shape index (κ2) is 4.91. The summed E-state index contributed by atoms with van der Waals surface area (Å²) in [5, 5.41) is 8.77. The van der Waals surface area contributed by atoms with Crippen molar-refractivity contribution in [3.05, 3.63) is 11.3 Å². The lowest BCUT2D eigenvalue weighted by molar-refractivity contribution is -0.115. The first-order valence-electron chi connectivity index (χ1n) is 3.78. The van der Waals surface area contributed by atoms with Crippen molar-refractivity contribution in [2.24, 2.45) is 5.73 Å². The summed E-state index contributed by atoms with van der Waals surface area (Å²) in [7, 11) is 0. The van der Waals surface area contributed by atoms with Gasteiger partial charge in [-0.15, -0.1) is 0 Å². The van der Waals surface area contributed by atoms with Crippen LogP contribution < -0.4 is 5.73 Å². The highest BCUT2D eigenvalue weighted by Gasteiger charge is 2.08. The van der Waals surface area contributed by atoms with Crippen LogP contribution in [0.3, 0.4) is 0 Å². The SMILES string of the molecule is CCC(=O)C(CO)=C(N)CC. The molecule has 64 valence electrons. The van der Waals surface area contributed by atoms with Crippen molar-refractivity contribution in [2.45, 2.75) is 26.7 Å². The lowest BCUT2D eigenvalue weighted by atomic mass is 10.1. The number of carbonyl (C=O) groups excluding carboxylic acids is 1. The van der Waals surface area contributed by atoms with Gasteiger partial charge in [0.15, 0.2) is 5.78 Å². The normalized spacial score (nSPS) is 12.6. The molecule has 0 heterocycles. The Hall–Kier alpha value is -0.830. The zero-order chi connectivity index (χ0) is 8.85. The van der Waals surface area contributed by atoms with Crippen LogP contribution in [0.5, 0.6) is 0 Å². The van der Waals surface area contributed by atoms with E-state index in [1.54, 1.807) is 6.92 Å². The summed E-state index contributed by atoms with van der Waals surface area (Å²) in [4.78, 5) is 11.0. The molecule has 0 aliphatic heterocycles. The Bertz CT molecular complexity index is 173. The topological polar surface area (TPSA) is 63.3 Å². The summed E-state index contributed by atoms with van der Waals surface area (Å²) in [6.45, 7) is 3.36. The fourth-order valence-electron chi connectivity index (χ4n) is 0.796. The van der Waals surface area contributed by atoms with Crippen molar-refractivity contribution >= 4 is 5.78 Å². The molecule has 0 unspecified atom stereocenters. The molecular weight excluding hydrogens is 142 g/mol. The fourth-order valence-corrected chi connectivity index (χ4v) is 0.796. The molecule has 3 heteroatoms. The van der Waals surface area contributed by atoms with Crippen molar-refractivity contribution in [3.63, 3.8) is 0 Å². The van der Waals surface area contributed by atoms with Crippen molar-refractivity contribution in [1.29, 1.82) is 0 Å². The average Bonchev–Trinajstić information content (AvgIpc) is 2.05. The molecule has 0 saturated heterocycles. The van der Waals surface area contributed by atoms with Crippen LogP contribution in [-0.4, -0.2) is 17.5 Å². The standard InChI is InChI=1S/C8H15NO2/c1-3-7(9)6(5-10)8(11)4-2/h10H,3-5,9H2,1-2H3. The molecule has 3 N–H and O–H groups in total. The molecule has 0 aromatic carbocycles. The molecule has 0 bridgehead atoms. The summed E-state index contributed by atoms with van der Waals surface area (Å²) in [5.41, 5.74) is 6.37. The number of nitrogens with two attached hydrogens (primary N) is 1. The molecule has 0 atom stereocenters. The summed E-state index contributed by atoms with van der Waals surface area (Å²) >= 11 is 0. The zero-order valence-corrected chi connectivity index (χ0v) is 7.05. The Morgan fingerprint density at radius 3 is 2.18 bits per heavy atom. The molecule has 0 rings (SSSR count). The number of hydrogen-bond donors (Lipinski definition) is 2. The lowest BCUT2D eigenvalue weighted by Gasteiger charge is -2.04. The first kappa shape index (κ1) is 10.2. The summed E-state index contributed by atoms with van der Waals surface area (Å²) in [6, 6.07) is 0. The van der Waals surface area contributed by atoms with Gasteiger partial charge in [0, 0.05) is 17.7 Å². The summed E-state index contributed by atoms with van der Waals surface area (Å²) < 4.78 is 0. The van der Waals surface area contributed by atoms with Crippen LogP contribution in [0.4, 0.5) is 0 Å². The first-order chi connectivity index (χ1) is 5.17. The molecule has 0 amide bonds. The largest absolute Gasteiger partial charge is 0.402 e. The van der Waals surface area contributed by atoms with E-state index in [2.05, 4.69) is 0 Å². The van der Waals surface area contributed by atoms with E-state index in [9.17, 15) is 4.79 Å². The van der Waals surface area contributed by atoms with E-state index < -0.39 is 0 Å². The third-order valence-electron chi connectivity index (χ3n) is 1.58. The zero-order valence-electron chi connectivity index (χ0n) is 7.05. The molecule has 3 nitrogen and oxygen atoms in total. The minimum Gasteiger partial charge on any atom is -0.402 e. The van der Waals surface area contributed by atoms with Crippen molar-refractivity contribution in [1.82, 2.24) is 0 Å². The Balaban J connectivity index is 4.50. The number of allylic oxidation sites excluding steroid dienone is 1. The molecule has 0 saturated carbocycles. The van der Waals surface area contributed by atoms with Crippen LogP contribution in [0.1, 0.15) is 26.7 Å². The maximum absolute atomic E-state index is 11.0. The van der Waals surface area contributed by atoms with Gasteiger partial charge in [-0.3, -0.25) is 4.79 Å². The van der Waals surface area contributed by atoms with Crippen LogP contribution in [0.25, 0.3) is 0 Å². The van der Waals surface area contributed by atoms with E-state index in [1.165, 1.54) is 0 Å². The van der Waals surface area contributed by atoms with Crippen LogP contribution in [0.15, 0.2) is 11.3 Å². The van der Waals surface area contributed by atoms with Gasteiger partial charge in [0.2, 0.25) is 0 Å². The van der Waals surface area contributed by atoms with E-state index in [0.717, 1.165) is 0 Å². The minimum atomic E-state index is -0.244. The second-order valence-electron chi connectivity index (χ2n) is 2.29. The highest BCUT2D eigenvalue weighted by molar-refractivity contribution is 5.95. The highest BCUT2D eigenvalue weighted by atomic mass is 16.3. The molecule has 0 radical (unpaired) electrons. The maximum atomic E-state index is 11.0. The Kier molecular flexibility index (Phi) is 4.54.